The van der Waals surface area contributed by atoms with Crippen LogP contribution >= 0.6 is 0 Å². The van der Waals surface area contributed by atoms with E-state index >= 15 is 0 Å². The van der Waals surface area contributed by atoms with Gasteiger partial charge in [-0.3, -0.25) is 4.79 Å². The zero-order valence-electron chi connectivity index (χ0n) is 15.5. The van der Waals surface area contributed by atoms with Crippen molar-refractivity contribution >= 4 is 5.97 Å². The Morgan fingerprint density at radius 3 is 2.43 bits per heavy atom. The molecule has 2 rings (SSSR count). The molecule has 0 bridgehead atoms. The molecule has 2 fully saturated rings. The molecule has 4 heteroatoms. The van der Waals surface area contributed by atoms with E-state index in [0.29, 0.717) is 19.1 Å². The minimum Gasteiger partial charge on any atom is -0.462 e. The van der Waals surface area contributed by atoms with Crippen LogP contribution in [0.5, 0.6) is 0 Å². The van der Waals surface area contributed by atoms with E-state index in [9.17, 15) is 4.79 Å². The van der Waals surface area contributed by atoms with Gasteiger partial charge in [0.25, 0.3) is 0 Å². The van der Waals surface area contributed by atoms with E-state index in [1.165, 1.54) is 6.42 Å². The second-order valence-electron chi connectivity index (χ2n) is 8.29. The maximum atomic E-state index is 12.6. The van der Waals surface area contributed by atoms with Crippen molar-refractivity contribution in [3.63, 3.8) is 0 Å². The summed E-state index contributed by atoms with van der Waals surface area (Å²) in [5.74, 6) is 0.220. The van der Waals surface area contributed by atoms with Gasteiger partial charge in [-0.05, 0) is 38.0 Å². The summed E-state index contributed by atoms with van der Waals surface area (Å²) in [5, 5.41) is 0. The van der Waals surface area contributed by atoms with Gasteiger partial charge in [-0.15, -0.1) is 0 Å². The highest BCUT2D eigenvalue weighted by molar-refractivity contribution is 5.76. The van der Waals surface area contributed by atoms with Crippen LogP contribution in [0, 0.1) is 17.3 Å². The highest BCUT2D eigenvalue weighted by Gasteiger charge is 2.44. The van der Waals surface area contributed by atoms with E-state index in [-0.39, 0.29) is 18.0 Å². The quantitative estimate of drug-likeness (QED) is 0.682. The summed E-state index contributed by atoms with van der Waals surface area (Å²) >= 11 is 0. The lowest BCUT2D eigenvalue weighted by Crippen LogP contribution is -2.38. The van der Waals surface area contributed by atoms with Crippen LogP contribution in [-0.2, 0) is 19.0 Å². The van der Waals surface area contributed by atoms with Crippen LogP contribution in [0.1, 0.15) is 73.1 Å². The zero-order valence-corrected chi connectivity index (χ0v) is 15.5. The third kappa shape index (κ3) is 4.48. The Labute approximate surface area is 141 Å². The number of esters is 1. The molecule has 2 atom stereocenters. The summed E-state index contributed by atoms with van der Waals surface area (Å²) in [6, 6.07) is 0. The molecule has 23 heavy (non-hydrogen) atoms. The van der Waals surface area contributed by atoms with E-state index in [4.69, 9.17) is 14.2 Å². The van der Waals surface area contributed by atoms with Crippen molar-refractivity contribution in [3.05, 3.63) is 0 Å². The van der Waals surface area contributed by atoms with Gasteiger partial charge in [-0.25, -0.2) is 0 Å². The largest absolute Gasteiger partial charge is 0.462 e. The van der Waals surface area contributed by atoms with E-state index in [0.717, 1.165) is 32.1 Å². The van der Waals surface area contributed by atoms with E-state index in [1.807, 2.05) is 6.92 Å². The van der Waals surface area contributed by atoms with Gasteiger partial charge in [-0.2, -0.15) is 0 Å². The Kier molecular flexibility index (Phi) is 6.12. The minimum absolute atomic E-state index is 0.102. The lowest BCUT2D eigenvalue weighted by Gasteiger charge is -2.33. The van der Waals surface area contributed by atoms with Crippen molar-refractivity contribution in [2.24, 2.45) is 17.3 Å². The van der Waals surface area contributed by atoms with Crippen LogP contribution in [0.4, 0.5) is 0 Å². The predicted octanol–water partition coefficient (Wildman–Crippen LogP) is 4.31. The van der Waals surface area contributed by atoms with Crippen molar-refractivity contribution in [1.82, 2.24) is 0 Å². The number of hydrogen-bond acceptors (Lipinski definition) is 4. The molecule has 0 aromatic rings. The van der Waals surface area contributed by atoms with Crippen LogP contribution < -0.4 is 0 Å². The summed E-state index contributed by atoms with van der Waals surface area (Å²) < 4.78 is 17.6. The second kappa shape index (κ2) is 7.52. The van der Waals surface area contributed by atoms with Gasteiger partial charge >= 0.3 is 5.97 Å². The normalized spacial score (nSPS) is 26.7. The van der Waals surface area contributed by atoms with Crippen molar-refractivity contribution in [2.45, 2.75) is 85.0 Å². The Morgan fingerprint density at radius 2 is 1.87 bits per heavy atom. The standard InChI is InChI=1S/C19H34O4/c1-14(2)11-18(5,15(3)4)17(20)21-12-16-13-22-19(23-16)9-7-6-8-10-19/h14-16H,6-13H2,1-5H3. The maximum absolute atomic E-state index is 12.6. The minimum atomic E-state index is -0.434. The Hall–Kier alpha value is -0.610. The Morgan fingerprint density at radius 1 is 1.22 bits per heavy atom. The van der Waals surface area contributed by atoms with Crippen molar-refractivity contribution in [2.75, 3.05) is 13.2 Å². The predicted molar refractivity (Wildman–Crippen MR) is 90.0 cm³/mol. The zero-order chi connectivity index (χ0) is 17.1. The molecule has 0 aromatic carbocycles. The van der Waals surface area contributed by atoms with Crippen LogP contribution in [0.2, 0.25) is 0 Å². The Balaban J connectivity index is 1.86. The topological polar surface area (TPSA) is 44.8 Å². The molecule has 1 heterocycles. The molecule has 1 aliphatic carbocycles. The first-order chi connectivity index (χ1) is 10.8. The first kappa shape index (κ1) is 18.7. The van der Waals surface area contributed by atoms with Crippen molar-refractivity contribution in [1.29, 1.82) is 0 Å². The number of ether oxygens (including phenoxy) is 3. The molecular weight excluding hydrogens is 292 g/mol. The molecule has 1 saturated carbocycles. The molecule has 0 radical (unpaired) electrons. The van der Waals surface area contributed by atoms with Gasteiger partial charge in [0, 0.05) is 12.8 Å². The summed E-state index contributed by atoms with van der Waals surface area (Å²) in [6.45, 7) is 11.3. The molecule has 1 spiro atoms. The molecule has 2 unspecified atom stereocenters. The fourth-order valence-corrected chi connectivity index (χ4v) is 3.79. The third-order valence-electron chi connectivity index (χ3n) is 5.50. The van der Waals surface area contributed by atoms with Gasteiger partial charge < -0.3 is 14.2 Å². The molecule has 1 saturated heterocycles. The van der Waals surface area contributed by atoms with Gasteiger partial charge in [0.1, 0.15) is 12.7 Å². The number of rotatable bonds is 6. The summed E-state index contributed by atoms with van der Waals surface area (Å²) in [6.07, 6.45) is 6.24. The fourth-order valence-electron chi connectivity index (χ4n) is 3.79. The van der Waals surface area contributed by atoms with Crippen LogP contribution in [0.3, 0.4) is 0 Å². The van der Waals surface area contributed by atoms with Gasteiger partial charge in [0.15, 0.2) is 5.79 Å². The lowest BCUT2D eigenvalue weighted by molar-refractivity contribution is -0.194. The van der Waals surface area contributed by atoms with Gasteiger partial charge in [0.05, 0.1) is 12.0 Å². The van der Waals surface area contributed by atoms with Gasteiger partial charge in [-0.1, -0.05) is 34.1 Å². The number of carbonyl (C=O) groups is 1. The fraction of sp³-hybridized carbons (Fsp3) is 0.947. The molecule has 134 valence electrons. The summed E-state index contributed by atoms with van der Waals surface area (Å²) in [5.41, 5.74) is -0.434. The van der Waals surface area contributed by atoms with E-state index in [1.54, 1.807) is 0 Å². The lowest BCUT2D eigenvalue weighted by atomic mass is 9.73. The molecule has 1 aliphatic heterocycles. The SMILES string of the molecule is CC(C)CC(C)(C(=O)OCC1COC2(CCCCC2)O1)C(C)C. The highest BCUT2D eigenvalue weighted by Crippen LogP contribution is 2.39. The molecule has 0 N–H and O–H groups in total. The second-order valence-corrected chi connectivity index (χ2v) is 8.29. The van der Waals surface area contributed by atoms with Crippen molar-refractivity contribution in [3.8, 4) is 0 Å². The van der Waals surface area contributed by atoms with Crippen LogP contribution in [-0.4, -0.2) is 31.1 Å². The molecule has 4 nitrogen and oxygen atoms in total. The van der Waals surface area contributed by atoms with E-state index in [2.05, 4.69) is 27.7 Å². The average molecular weight is 326 g/mol. The highest BCUT2D eigenvalue weighted by atomic mass is 16.8. The van der Waals surface area contributed by atoms with Crippen LogP contribution in [0.15, 0.2) is 0 Å². The molecular formula is C19H34O4. The maximum Gasteiger partial charge on any atom is 0.312 e. The van der Waals surface area contributed by atoms with E-state index < -0.39 is 11.2 Å². The summed E-state index contributed by atoms with van der Waals surface area (Å²) in [7, 11) is 0. The monoisotopic (exact) mass is 326 g/mol. The first-order valence-corrected chi connectivity index (χ1v) is 9.26. The summed E-state index contributed by atoms with van der Waals surface area (Å²) in [4.78, 5) is 12.6. The number of carbonyl (C=O) groups excluding carboxylic acids is 1. The third-order valence-corrected chi connectivity index (χ3v) is 5.50. The van der Waals surface area contributed by atoms with Crippen molar-refractivity contribution < 1.29 is 19.0 Å². The van der Waals surface area contributed by atoms with Crippen LogP contribution in [0.25, 0.3) is 0 Å². The molecule has 0 amide bonds. The Bertz CT molecular complexity index is 398. The van der Waals surface area contributed by atoms with Gasteiger partial charge in [0.2, 0.25) is 0 Å². The smallest absolute Gasteiger partial charge is 0.312 e. The molecule has 2 aliphatic rings. The first-order valence-electron chi connectivity index (χ1n) is 9.26. The molecule has 0 aromatic heterocycles. The average Bonchev–Trinajstić information content (AvgIpc) is 2.87. The number of hydrogen-bond donors (Lipinski definition) is 0.